The first-order chi connectivity index (χ1) is 19.3. The summed E-state index contributed by atoms with van der Waals surface area (Å²) in [4.78, 5) is 0. The van der Waals surface area contributed by atoms with Crippen molar-refractivity contribution in [2.24, 2.45) is 0 Å². The molecule has 0 aliphatic heterocycles. The summed E-state index contributed by atoms with van der Waals surface area (Å²) in [5, 5.41) is 0. The Balaban J connectivity index is 2.33. The Bertz CT molecular complexity index is 563. The third-order valence-corrected chi connectivity index (χ3v) is 8.85. The quantitative estimate of drug-likeness (QED) is 0.0648. The molecule has 0 saturated heterocycles. The minimum Gasteiger partial charge on any atom is -0.234 e. The molecule has 0 radical (unpaired) electrons. The molecule has 1 heterocycles. The third kappa shape index (κ3) is 21.6. The fraction of sp³-hybridized carbons (Fsp3) is 0.919. The Kier molecular flexibility index (Phi) is 26.7. The van der Waals surface area contributed by atoms with E-state index in [-0.39, 0.29) is 0 Å². The molecule has 0 unspecified atom stereocenters. The molecule has 0 aliphatic rings. The van der Waals surface area contributed by atoms with Crippen LogP contribution < -0.4 is 4.57 Å². The molecule has 0 amide bonds. The summed E-state index contributed by atoms with van der Waals surface area (Å²) in [6.45, 7) is 9.40. The molecule has 1 rings (SSSR count). The van der Waals surface area contributed by atoms with Crippen LogP contribution in [0.3, 0.4) is 0 Å². The number of hydrogen-bond acceptors (Lipinski definition) is 0. The Morgan fingerprint density at radius 3 is 1.23 bits per heavy atom. The Morgan fingerprint density at radius 2 is 0.795 bits per heavy atom. The normalized spacial score (nSPS) is 11.6. The van der Waals surface area contributed by atoms with Crippen molar-refractivity contribution in [3.8, 4) is 0 Å². The number of hydrogen-bond donors (Lipinski definition) is 0. The SMILES string of the molecule is CCCCCCCCCCCCn1cc[n+](CCCCCCCCCCCC)c1CCCCCCCCCC. The van der Waals surface area contributed by atoms with Gasteiger partial charge in [-0.2, -0.15) is 0 Å². The highest BCUT2D eigenvalue weighted by Crippen LogP contribution is 2.14. The largest absolute Gasteiger partial charge is 0.256 e. The van der Waals surface area contributed by atoms with Crippen molar-refractivity contribution in [1.29, 1.82) is 0 Å². The van der Waals surface area contributed by atoms with Crippen molar-refractivity contribution >= 4 is 0 Å². The fourth-order valence-corrected chi connectivity index (χ4v) is 6.15. The summed E-state index contributed by atoms with van der Waals surface area (Å²) in [5.74, 6) is 1.62. The molecule has 2 heteroatoms. The number of rotatable bonds is 31. The molecular weight excluding hydrogens is 472 g/mol. The summed E-state index contributed by atoms with van der Waals surface area (Å²) in [6.07, 6.45) is 45.9. The van der Waals surface area contributed by atoms with E-state index in [2.05, 4.69) is 42.3 Å². The summed E-state index contributed by atoms with van der Waals surface area (Å²) < 4.78 is 5.25. The maximum atomic E-state index is 2.63. The van der Waals surface area contributed by atoms with Crippen LogP contribution in [0.5, 0.6) is 0 Å². The van der Waals surface area contributed by atoms with E-state index < -0.39 is 0 Å². The van der Waals surface area contributed by atoms with Gasteiger partial charge in [0.05, 0.1) is 13.1 Å². The van der Waals surface area contributed by atoms with Crippen molar-refractivity contribution in [3.05, 3.63) is 18.2 Å². The van der Waals surface area contributed by atoms with Crippen molar-refractivity contribution in [2.45, 2.75) is 220 Å². The van der Waals surface area contributed by atoms with E-state index in [9.17, 15) is 0 Å². The maximum Gasteiger partial charge on any atom is 0.256 e. The predicted molar refractivity (Wildman–Crippen MR) is 175 cm³/mol. The second-order valence-electron chi connectivity index (χ2n) is 12.7. The minimum atomic E-state index is 1.23. The van der Waals surface area contributed by atoms with Crippen molar-refractivity contribution in [2.75, 3.05) is 0 Å². The van der Waals surface area contributed by atoms with Crippen LogP contribution >= 0.6 is 0 Å². The van der Waals surface area contributed by atoms with Gasteiger partial charge in [-0.05, 0) is 32.1 Å². The van der Waals surface area contributed by atoms with Crippen molar-refractivity contribution in [1.82, 2.24) is 4.57 Å². The van der Waals surface area contributed by atoms with E-state index in [4.69, 9.17) is 0 Å². The van der Waals surface area contributed by atoms with Crippen LogP contribution in [0.4, 0.5) is 0 Å². The van der Waals surface area contributed by atoms with Crippen molar-refractivity contribution in [3.63, 3.8) is 0 Å². The molecule has 0 saturated carbocycles. The van der Waals surface area contributed by atoms with Gasteiger partial charge in [-0.1, -0.05) is 168 Å². The molecule has 0 aromatic carbocycles. The van der Waals surface area contributed by atoms with E-state index in [0.717, 1.165) is 0 Å². The van der Waals surface area contributed by atoms with Crippen LogP contribution in [0, 0.1) is 0 Å². The van der Waals surface area contributed by atoms with Crippen molar-refractivity contribution < 1.29 is 4.57 Å². The zero-order chi connectivity index (χ0) is 28.1. The fourth-order valence-electron chi connectivity index (χ4n) is 6.15. The highest BCUT2D eigenvalue weighted by Gasteiger charge is 2.16. The molecule has 230 valence electrons. The van der Waals surface area contributed by atoms with Crippen LogP contribution in [-0.2, 0) is 19.5 Å². The first-order valence-corrected chi connectivity index (χ1v) is 18.4. The number of imidazole rings is 1. The third-order valence-electron chi connectivity index (χ3n) is 8.85. The smallest absolute Gasteiger partial charge is 0.234 e. The van der Waals surface area contributed by atoms with Gasteiger partial charge < -0.3 is 0 Å². The van der Waals surface area contributed by atoms with E-state index in [0.29, 0.717) is 0 Å². The van der Waals surface area contributed by atoms with Gasteiger partial charge in [0.2, 0.25) is 0 Å². The average molecular weight is 546 g/mol. The molecule has 2 nitrogen and oxygen atoms in total. The minimum absolute atomic E-state index is 1.23. The monoisotopic (exact) mass is 546 g/mol. The van der Waals surface area contributed by atoms with Gasteiger partial charge in [-0.25, -0.2) is 9.13 Å². The number of nitrogens with zero attached hydrogens (tertiary/aromatic N) is 2. The van der Waals surface area contributed by atoms with E-state index >= 15 is 0 Å². The molecule has 0 spiro atoms. The summed E-state index contributed by atoms with van der Waals surface area (Å²) in [6, 6.07) is 0. The molecule has 0 atom stereocenters. The summed E-state index contributed by atoms with van der Waals surface area (Å²) >= 11 is 0. The second-order valence-corrected chi connectivity index (χ2v) is 12.7. The van der Waals surface area contributed by atoms with E-state index in [1.165, 1.54) is 199 Å². The topological polar surface area (TPSA) is 8.81 Å². The average Bonchev–Trinajstić information content (AvgIpc) is 3.33. The van der Waals surface area contributed by atoms with Gasteiger partial charge in [0.15, 0.2) is 0 Å². The lowest BCUT2D eigenvalue weighted by Gasteiger charge is -2.07. The van der Waals surface area contributed by atoms with Gasteiger partial charge in [0.25, 0.3) is 5.82 Å². The molecule has 0 fully saturated rings. The second kappa shape index (κ2) is 28.7. The van der Waals surface area contributed by atoms with Gasteiger partial charge in [-0.3, -0.25) is 0 Å². The van der Waals surface area contributed by atoms with E-state index in [1.54, 1.807) is 5.82 Å². The lowest BCUT2D eigenvalue weighted by molar-refractivity contribution is -0.704. The first kappa shape index (κ1) is 36.2. The Labute approximate surface area is 247 Å². The number of aryl methyl sites for hydroxylation is 2. The van der Waals surface area contributed by atoms with Crippen LogP contribution in [0.15, 0.2) is 12.4 Å². The van der Waals surface area contributed by atoms with Gasteiger partial charge in [0, 0.05) is 6.42 Å². The molecule has 39 heavy (non-hydrogen) atoms. The van der Waals surface area contributed by atoms with Gasteiger partial charge in [0.1, 0.15) is 12.4 Å². The number of aromatic nitrogens is 2. The first-order valence-electron chi connectivity index (χ1n) is 18.4. The lowest BCUT2D eigenvalue weighted by atomic mass is 10.1. The van der Waals surface area contributed by atoms with Crippen LogP contribution in [0.1, 0.15) is 206 Å². The zero-order valence-corrected chi connectivity index (χ0v) is 27.5. The highest BCUT2D eigenvalue weighted by molar-refractivity contribution is 4.84. The maximum absolute atomic E-state index is 2.63. The molecular formula is C37H73N2+. The summed E-state index contributed by atoms with van der Waals surface area (Å²) in [5.41, 5.74) is 0. The zero-order valence-electron chi connectivity index (χ0n) is 27.5. The Hall–Kier alpha value is -0.790. The molecule has 0 aliphatic carbocycles. The molecule has 1 aromatic heterocycles. The van der Waals surface area contributed by atoms with Gasteiger partial charge >= 0.3 is 0 Å². The van der Waals surface area contributed by atoms with Crippen LogP contribution in [-0.4, -0.2) is 4.57 Å². The predicted octanol–water partition coefficient (Wildman–Crippen LogP) is 12.3. The van der Waals surface area contributed by atoms with Gasteiger partial charge in [-0.15, -0.1) is 0 Å². The molecule has 0 bridgehead atoms. The van der Waals surface area contributed by atoms with Crippen LogP contribution in [0.2, 0.25) is 0 Å². The number of unbranched alkanes of at least 4 members (excludes halogenated alkanes) is 25. The van der Waals surface area contributed by atoms with E-state index in [1.807, 2.05) is 0 Å². The van der Waals surface area contributed by atoms with Crippen LogP contribution in [0.25, 0.3) is 0 Å². The highest BCUT2D eigenvalue weighted by atomic mass is 15.1. The standard InChI is InChI=1S/C37H73N2/c1-4-7-10-13-16-19-21-24-27-30-33-38-35-36-39(34-31-28-25-22-20-17-14-11-8-5-2)37(38)32-29-26-23-18-15-12-9-6-3/h35-36H,4-34H2,1-3H3/q+1. The lowest BCUT2D eigenvalue weighted by Crippen LogP contribution is -2.37. The summed E-state index contributed by atoms with van der Waals surface area (Å²) in [7, 11) is 0. The molecule has 0 N–H and O–H groups in total. The Morgan fingerprint density at radius 1 is 0.436 bits per heavy atom. The molecule has 1 aromatic rings.